The predicted molar refractivity (Wildman–Crippen MR) is 135 cm³/mol. The van der Waals surface area contributed by atoms with Gasteiger partial charge >= 0.3 is 11.7 Å². The van der Waals surface area contributed by atoms with Crippen molar-refractivity contribution in [1.29, 1.82) is 0 Å². The van der Waals surface area contributed by atoms with Crippen molar-refractivity contribution in [2.75, 3.05) is 0 Å². The molecule has 0 fully saturated rings. The van der Waals surface area contributed by atoms with Gasteiger partial charge in [0.15, 0.2) is 5.82 Å². The molecule has 4 rings (SSSR count). The number of nitrogens with one attached hydrogen (secondary N) is 1. The van der Waals surface area contributed by atoms with Crippen molar-refractivity contribution in [3.05, 3.63) is 101 Å². The average Bonchev–Trinajstić information content (AvgIpc) is 3.33. The number of benzene rings is 3. The van der Waals surface area contributed by atoms with E-state index in [9.17, 15) is 19.5 Å². The normalized spacial score (nSPS) is 11.7. The van der Waals surface area contributed by atoms with E-state index in [4.69, 9.17) is 0 Å². The lowest BCUT2D eigenvalue weighted by Crippen LogP contribution is -2.45. The molecule has 4 aromatic rings. The van der Waals surface area contributed by atoms with Gasteiger partial charge in [-0.05, 0) is 28.7 Å². The van der Waals surface area contributed by atoms with Crippen LogP contribution in [0, 0.1) is 0 Å². The molecule has 0 radical (unpaired) electrons. The Labute approximate surface area is 208 Å². The van der Waals surface area contributed by atoms with Gasteiger partial charge in [-0.2, -0.15) is 0 Å². The molecule has 0 saturated heterocycles. The molecule has 0 saturated carbocycles. The molecular weight excluding hydrogens is 458 g/mol. The summed E-state index contributed by atoms with van der Waals surface area (Å²) in [6.45, 7) is 2.08. The predicted octanol–water partition coefficient (Wildman–Crippen LogP) is 4.52. The maximum Gasteiger partial charge on any atom is 0.439 e. The van der Waals surface area contributed by atoms with Crippen molar-refractivity contribution in [3.8, 4) is 22.5 Å². The van der Waals surface area contributed by atoms with E-state index < -0.39 is 17.8 Å². The molecule has 1 atom stereocenters. The number of aromatic nitrogens is 2. The SMILES string of the molecule is CCCC(=O)N(Cc1ccc(-c2ccccc2-c2noc(=O)[nH]2)cc1)[C@@H](Cc1ccccc1)C(=O)O. The van der Waals surface area contributed by atoms with E-state index in [0.717, 1.165) is 22.3 Å². The van der Waals surface area contributed by atoms with Gasteiger partial charge in [-0.1, -0.05) is 90.9 Å². The highest BCUT2D eigenvalue weighted by Gasteiger charge is 2.29. The van der Waals surface area contributed by atoms with Gasteiger partial charge in [-0.3, -0.25) is 14.3 Å². The smallest absolute Gasteiger partial charge is 0.439 e. The highest BCUT2D eigenvalue weighted by molar-refractivity contribution is 5.84. The largest absolute Gasteiger partial charge is 0.480 e. The Kier molecular flexibility index (Phi) is 7.75. The van der Waals surface area contributed by atoms with Crippen molar-refractivity contribution >= 4 is 11.9 Å². The fourth-order valence-electron chi connectivity index (χ4n) is 4.17. The van der Waals surface area contributed by atoms with Gasteiger partial charge in [-0.15, -0.1) is 0 Å². The van der Waals surface area contributed by atoms with E-state index >= 15 is 0 Å². The summed E-state index contributed by atoms with van der Waals surface area (Å²) < 4.78 is 4.65. The number of carbonyl (C=O) groups is 2. The Bertz CT molecular complexity index is 1380. The summed E-state index contributed by atoms with van der Waals surface area (Å²) in [5, 5.41) is 13.8. The number of carboxylic acids is 1. The molecule has 0 spiro atoms. The summed E-state index contributed by atoms with van der Waals surface area (Å²) in [6, 6.07) is 23.4. The van der Waals surface area contributed by atoms with Gasteiger partial charge in [0.05, 0.1) is 0 Å². The minimum absolute atomic E-state index is 0.182. The van der Waals surface area contributed by atoms with E-state index in [1.54, 1.807) is 0 Å². The fraction of sp³-hybridized carbons (Fsp3) is 0.214. The maximum atomic E-state index is 13.0. The van der Waals surface area contributed by atoms with Crippen LogP contribution in [-0.4, -0.2) is 38.1 Å². The monoisotopic (exact) mass is 485 g/mol. The molecule has 0 bridgehead atoms. The first-order chi connectivity index (χ1) is 17.5. The third kappa shape index (κ3) is 5.78. The number of hydrogen-bond acceptors (Lipinski definition) is 5. The van der Waals surface area contributed by atoms with Crippen LogP contribution in [0.4, 0.5) is 0 Å². The number of carbonyl (C=O) groups excluding carboxylic acids is 1. The zero-order valence-electron chi connectivity index (χ0n) is 19.9. The third-order valence-corrected chi connectivity index (χ3v) is 5.96. The van der Waals surface area contributed by atoms with Crippen molar-refractivity contribution in [3.63, 3.8) is 0 Å². The van der Waals surface area contributed by atoms with Crippen LogP contribution in [0.15, 0.2) is 88.2 Å². The maximum absolute atomic E-state index is 13.0. The Morgan fingerprint density at radius 1 is 0.944 bits per heavy atom. The molecule has 0 aliphatic rings. The number of aromatic amines is 1. The molecular formula is C28H27N3O5. The van der Waals surface area contributed by atoms with Crippen LogP contribution in [0.5, 0.6) is 0 Å². The highest BCUT2D eigenvalue weighted by Crippen LogP contribution is 2.30. The van der Waals surface area contributed by atoms with Crippen LogP contribution in [0.3, 0.4) is 0 Å². The number of H-pyrrole nitrogens is 1. The molecule has 8 nitrogen and oxygen atoms in total. The second-order valence-electron chi connectivity index (χ2n) is 8.50. The number of nitrogens with zero attached hydrogens (tertiary/aromatic N) is 2. The first-order valence-corrected chi connectivity index (χ1v) is 11.8. The number of amides is 1. The van der Waals surface area contributed by atoms with Crippen LogP contribution in [0.25, 0.3) is 22.5 Å². The molecule has 8 heteroatoms. The topological polar surface area (TPSA) is 117 Å². The minimum atomic E-state index is -1.03. The standard InChI is InChI=1S/C28H27N3O5/c1-2-8-25(32)31(24(27(33)34)17-19-9-4-3-5-10-19)18-20-13-15-21(16-14-20)22-11-6-7-12-23(22)26-29-28(35)36-30-26/h3-7,9-16,24H,2,8,17-18H2,1H3,(H,33,34)(H,29,30,35)/t24-/m0/s1. The van der Waals surface area contributed by atoms with E-state index in [0.29, 0.717) is 17.8 Å². The fourth-order valence-corrected chi connectivity index (χ4v) is 4.17. The minimum Gasteiger partial charge on any atom is -0.480 e. The van der Waals surface area contributed by atoms with Gasteiger partial charge in [0.25, 0.3) is 0 Å². The van der Waals surface area contributed by atoms with Gasteiger partial charge in [0.2, 0.25) is 5.91 Å². The molecule has 1 amide bonds. The van der Waals surface area contributed by atoms with Gasteiger partial charge in [0, 0.05) is 24.9 Å². The summed E-state index contributed by atoms with van der Waals surface area (Å²) in [5.74, 6) is -1.52. The van der Waals surface area contributed by atoms with Crippen molar-refractivity contribution in [2.24, 2.45) is 0 Å². The first-order valence-electron chi connectivity index (χ1n) is 11.8. The van der Waals surface area contributed by atoms with E-state index in [2.05, 4.69) is 14.7 Å². The second-order valence-corrected chi connectivity index (χ2v) is 8.50. The number of rotatable bonds is 10. The number of hydrogen-bond donors (Lipinski definition) is 2. The lowest BCUT2D eigenvalue weighted by molar-refractivity contribution is -0.150. The van der Waals surface area contributed by atoms with Gasteiger partial charge in [-0.25, -0.2) is 9.59 Å². The zero-order valence-corrected chi connectivity index (χ0v) is 19.9. The molecule has 0 aliphatic carbocycles. The summed E-state index contributed by atoms with van der Waals surface area (Å²) in [6.07, 6.45) is 1.14. The zero-order chi connectivity index (χ0) is 25.5. The van der Waals surface area contributed by atoms with Gasteiger partial charge in [0.1, 0.15) is 6.04 Å². The van der Waals surface area contributed by atoms with Gasteiger partial charge < -0.3 is 10.0 Å². The van der Waals surface area contributed by atoms with E-state index in [1.807, 2.05) is 85.8 Å². The molecule has 184 valence electrons. The van der Waals surface area contributed by atoms with E-state index in [1.165, 1.54) is 4.90 Å². The van der Waals surface area contributed by atoms with Crippen molar-refractivity contribution in [1.82, 2.24) is 15.0 Å². The van der Waals surface area contributed by atoms with Crippen molar-refractivity contribution in [2.45, 2.75) is 38.8 Å². The van der Waals surface area contributed by atoms with Crippen LogP contribution in [0.1, 0.15) is 30.9 Å². The summed E-state index contributed by atoms with van der Waals surface area (Å²) >= 11 is 0. The Hall–Kier alpha value is -4.46. The van der Waals surface area contributed by atoms with Crippen LogP contribution in [-0.2, 0) is 22.6 Å². The number of carboxylic acid groups (broad SMARTS) is 1. The van der Waals surface area contributed by atoms with Crippen LogP contribution >= 0.6 is 0 Å². The highest BCUT2D eigenvalue weighted by atomic mass is 16.5. The molecule has 1 aromatic heterocycles. The molecule has 0 aliphatic heterocycles. The van der Waals surface area contributed by atoms with Crippen molar-refractivity contribution < 1.29 is 19.2 Å². The summed E-state index contributed by atoms with van der Waals surface area (Å²) in [7, 11) is 0. The second kappa shape index (κ2) is 11.3. The lowest BCUT2D eigenvalue weighted by Gasteiger charge is -2.29. The lowest BCUT2D eigenvalue weighted by atomic mass is 9.98. The molecule has 36 heavy (non-hydrogen) atoms. The molecule has 3 aromatic carbocycles. The Balaban J connectivity index is 1.61. The quantitative estimate of drug-likeness (QED) is 0.341. The third-order valence-electron chi connectivity index (χ3n) is 5.96. The summed E-state index contributed by atoms with van der Waals surface area (Å²) in [4.78, 5) is 40.7. The van der Waals surface area contributed by atoms with E-state index in [-0.39, 0.29) is 25.3 Å². The average molecular weight is 486 g/mol. The van der Waals surface area contributed by atoms with Crippen LogP contribution in [0.2, 0.25) is 0 Å². The summed E-state index contributed by atoms with van der Waals surface area (Å²) in [5.41, 5.74) is 4.11. The molecule has 0 unspecified atom stereocenters. The number of aliphatic carboxylic acids is 1. The molecule has 1 heterocycles. The molecule has 2 N–H and O–H groups in total. The first kappa shape index (κ1) is 24.7. The Morgan fingerprint density at radius 2 is 1.61 bits per heavy atom. The Morgan fingerprint density at radius 3 is 2.22 bits per heavy atom. The van der Waals surface area contributed by atoms with Crippen LogP contribution < -0.4 is 5.76 Å².